The van der Waals surface area contributed by atoms with E-state index in [2.05, 4.69) is 20.5 Å². The number of carbonyl (C=O) groups excluding carboxylic acids is 1. The molecule has 0 unspecified atom stereocenters. The highest BCUT2D eigenvalue weighted by Gasteiger charge is 2.27. The van der Waals surface area contributed by atoms with Gasteiger partial charge in [0.05, 0.1) is 10.2 Å². The van der Waals surface area contributed by atoms with Crippen LogP contribution in [0.15, 0.2) is 59.4 Å². The minimum atomic E-state index is -0.424. The number of aromatic amines is 1. The molecule has 4 aromatic rings. The van der Waals surface area contributed by atoms with Gasteiger partial charge in [-0.2, -0.15) is 4.98 Å². The van der Waals surface area contributed by atoms with Gasteiger partial charge in [0.15, 0.2) is 0 Å². The summed E-state index contributed by atoms with van der Waals surface area (Å²) in [5, 5.41) is 8.92. The van der Waals surface area contributed by atoms with Crippen LogP contribution in [0.4, 0.5) is 16.6 Å². The zero-order valence-corrected chi connectivity index (χ0v) is 23.5. The number of nitrogens with zero attached hydrogens (tertiary/aromatic N) is 4. The Morgan fingerprint density at radius 1 is 1.02 bits per heavy atom. The second-order valence-electron chi connectivity index (χ2n) is 10.5. The van der Waals surface area contributed by atoms with E-state index in [1.54, 1.807) is 5.01 Å². The molecule has 1 atom stereocenters. The number of benzene rings is 2. The van der Waals surface area contributed by atoms with Crippen LogP contribution in [0.3, 0.4) is 0 Å². The number of alkyl carbamates (subject to hydrolysis) is 1. The highest BCUT2D eigenvalue weighted by atomic mass is 32.1. The van der Waals surface area contributed by atoms with Crippen molar-refractivity contribution in [2.45, 2.75) is 44.4 Å². The van der Waals surface area contributed by atoms with E-state index in [1.807, 2.05) is 54.6 Å². The average molecular weight is 575 g/mol. The lowest BCUT2D eigenvalue weighted by atomic mass is 10.1. The summed E-state index contributed by atoms with van der Waals surface area (Å²) < 4.78 is 6.39. The first kappa shape index (κ1) is 27.2. The summed E-state index contributed by atoms with van der Waals surface area (Å²) in [7, 11) is 0. The molecular weight excluding hydrogens is 540 g/mol. The molecule has 11 nitrogen and oxygen atoms in total. The summed E-state index contributed by atoms with van der Waals surface area (Å²) in [5.74, 6) is 7.13. The van der Waals surface area contributed by atoms with Gasteiger partial charge in [0.2, 0.25) is 5.95 Å². The van der Waals surface area contributed by atoms with Gasteiger partial charge in [-0.1, -0.05) is 42.5 Å². The quantitative estimate of drug-likeness (QED) is 0.243. The molecule has 0 bridgehead atoms. The number of hydrogen-bond donors (Lipinski definition) is 4. The number of hydrazine groups is 1. The number of ether oxygens (including phenoxy) is 1. The van der Waals surface area contributed by atoms with Crippen LogP contribution in [0, 0.1) is 0 Å². The molecule has 2 saturated heterocycles. The molecule has 214 valence electrons. The van der Waals surface area contributed by atoms with Crippen LogP contribution in [0.5, 0.6) is 0 Å². The maximum atomic E-state index is 13.6. The third-order valence-electron chi connectivity index (χ3n) is 7.54. The Bertz CT molecular complexity index is 1520. The molecule has 2 aromatic heterocycles. The van der Waals surface area contributed by atoms with Gasteiger partial charge in [-0.05, 0) is 43.4 Å². The minimum Gasteiger partial charge on any atom is -0.445 e. The molecule has 1 amide bonds. The zero-order chi connectivity index (χ0) is 28.2. The molecule has 2 aromatic carbocycles. The fourth-order valence-electron chi connectivity index (χ4n) is 5.38. The first-order valence-corrected chi connectivity index (χ1v) is 14.8. The number of anilines is 2. The van der Waals surface area contributed by atoms with Crippen molar-refractivity contribution in [2.75, 3.05) is 36.4 Å². The molecule has 6 rings (SSSR count). The van der Waals surface area contributed by atoms with Gasteiger partial charge in [0, 0.05) is 38.3 Å². The number of nitrogens with one attached hydrogen (secondary N) is 3. The number of H-pyrrole nitrogens is 1. The van der Waals surface area contributed by atoms with Crippen molar-refractivity contribution < 1.29 is 9.53 Å². The molecule has 2 fully saturated rings. The third kappa shape index (κ3) is 6.50. The lowest BCUT2D eigenvalue weighted by Crippen LogP contribution is -2.46. The molecule has 0 spiro atoms. The van der Waals surface area contributed by atoms with E-state index < -0.39 is 6.09 Å². The Morgan fingerprint density at radius 3 is 2.59 bits per heavy atom. The van der Waals surface area contributed by atoms with E-state index in [1.165, 1.54) is 11.3 Å². The van der Waals surface area contributed by atoms with E-state index >= 15 is 0 Å². The number of amides is 1. The molecule has 41 heavy (non-hydrogen) atoms. The number of thiazole rings is 1. The molecule has 12 heteroatoms. The van der Waals surface area contributed by atoms with Crippen LogP contribution in [0.2, 0.25) is 0 Å². The van der Waals surface area contributed by atoms with Crippen LogP contribution >= 0.6 is 11.3 Å². The van der Waals surface area contributed by atoms with Crippen molar-refractivity contribution in [3.05, 3.63) is 70.5 Å². The van der Waals surface area contributed by atoms with E-state index in [0.29, 0.717) is 54.8 Å². The number of nitrogens with two attached hydrogens (primary N) is 1. The standard InChI is InChI=1S/C29H34N8O3S/c30-37-14-6-9-21(17-37)31-25-24(27-33-22-10-4-5-11-23(22)41-27)26(38)35-28(34-25)36-15-12-20(13-16-36)32-29(39)40-18-19-7-2-1-3-8-19/h1-5,7-8,10-11,20-21H,6,9,12-18,30H2,(H,32,39)(H2,31,34,35,38)/t21-/m1/s1. The number of piperidine rings is 2. The predicted molar refractivity (Wildman–Crippen MR) is 161 cm³/mol. The van der Waals surface area contributed by atoms with Gasteiger partial charge in [-0.15, -0.1) is 11.3 Å². The number of carbonyl (C=O) groups is 1. The number of aromatic nitrogens is 3. The van der Waals surface area contributed by atoms with E-state index in [0.717, 1.165) is 35.2 Å². The number of fused-ring (bicyclic) bond motifs is 1. The lowest BCUT2D eigenvalue weighted by molar-refractivity contribution is 0.134. The van der Waals surface area contributed by atoms with Gasteiger partial charge < -0.3 is 20.3 Å². The predicted octanol–water partition coefficient (Wildman–Crippen LogP) is 3.69. The van der Waals surface area contributed by atoms with Crippen LogP contribution in [0.1, 0.15) is 31.2 Å². The summed E-state index contributed by atoms with van der Waals surface area (Å²) in [4.78, 5) is 40.7. The van der Waals surface area contributed by atoms with Gasteiger partial charge in [-0.25, -0.2) is 14.8 Å². The summed E-state index contributed by atoms with van der Waals surface area (Å²) in [6, 6.07) is 17.5. The van der Waals surface area contributed by atoms with E-state index in [9.17, 15) is 9.59 Å². The number of hydrogen-bond acceptors (Lipinski definition) is 10. The van der Waals surface area contributed by atoms with E-state index in [-0.39, 0.29) is 24.2 Å². The third-order valence-corrected chi connectivity index (χ3v) is 8.59. The topological polar surface area (TPSA) is 142 Å². The Labute approximate surface area is 241 Å². The monoisotopic (exact) mass is 574 g/mol. The number of rotatable bonds is 7. The SMILES string of the molecule is NN1CCC[C@@H](Nc2nc(N3CCC(NC(=O)OCc4ccccc4)CC3)[nH]c(=O)c2-c2nc3ccccc3s2)C1. The normalized spacial score (nSPS) is 18.4. The molecule has 2 aliphatic rings. The summed E-state index contributed by atoms with van der Waals surface area (Å²) in [6.45, 7) is 3.01. The molecular formula is C29H34N8O3S. The summed E-state index contributed by atoms with van der Waals surface area (Å²) >= 11 is 1.48. The first-order valence-electron chi connectivity index (χ1n) is 14.0. The van der Waals surface area contributed by atoms with Crippen LogP contribution in [0.25, 0.3) is 20.8 Å². The zero-order valence-electron chi connectivity index (χ0n) is 22.7. The Morgan fingerprint density at radius 2 is 1.80 bits per heavy atom. The fraction of sp³-hybridized carbons (Fsp3) is 0.379. The lowest BCUT2D eigenvalue weighted by Gasteiger charge is -2.33. The second-order valence-corrected chi connectivity index (χ2v) is 11.6. The molecule has 0 radical (unpaired) electrons. The van der Waals surface area contributed by atoms with Crippen molar-refractivity contribution in [3.8, 4) is 10.6 Å². The van der Waals surface area contributed by atoms with Gasteiger partial charge in [-0.3, -0.25) is 15.6 Å². The molecule has 0 saturated carbocycles. The molecule has 2 aliphatic heterocycles. The van der Waals surface area contributed by atoms with Crippen molar-refractivity contribution in [2.24, 2.45) is 5.84 Å². The Hall–Kier alpha value is -4.00. The molecule has 4 heterocycles. The number of para-hydroxylation sites is 1. The second kappa shape index (κ2) is 12.2. The van der Waals surface area contributed by atoms with Gasteiger partial charge >= 0.3 is 6.09 Å². The molecule has 0 aliphatic carbocycles. The maximum Gasteiger partial charge on any atom is 0.407 e. The smallest absolute Gasteiger partial charge is 0.407 e. The first-order chi connectivity index (χ1) is 20.0. The average Bonchev–Trinajstić information content (AvgIpc) is 3.40. The van der Waals surface area contributed by atoms with Crippen LogP contribution < -0.4 is 26.9 Å². The highest BCUT2D eigenvalue weighted by molar-refractivity contribution is 7.21. The molecule has 5 N–H and O–H groups in total. The van der Waals surface area contributed by atoms with E-state index in [4.69, 9.17) is 20.5 Å². The largest absolute Gasteiger partial charge is 0.445 e. The fourth-order valence-corrected chi connectivity index (χ4v) is 6.39. The maximum absolute atomic E-state index is 13.6. The summed E-state index contributed by atoms with van der Waals surface area (Å²) in [6.07, 6.45) is 2.89. The Balaban J connectivity index is 1.17. The van der Waals surface area contributed by atoms with Crippen LogP contribution in [-0.2, 0) is 11.3 Å². The van der Waals surface area contributed by atoms with Crippen molar-refractivity contribution in [1.29, 1.82) is 0 Å². The van der Waals surface area contributed by atoms with Gasteiger partial charge in [0.1, 0.15) is 23.0 Å². The van der Waals surface area contributed by atoms with Gasteiger partial charge in [0.25, 0.3) is 5.56 Å². The highest BCUT2D eigenvalue weighted by Crippen LogP contribution is 2.33. The Kier molecular flexibility index (Phi) is 8.12. The van der Waals surface area contributed by atoms with Crippen molar-refractivity contribution in [1.82, 2.24) is 25.3 Å². The van der Waals surface area contributed by atoms with Crippen molar-refractivity contribution >= 4 is 39.4 Å². The minimum absolute atomic E-state index is 0.0151. The summed E-state index contributed by atoms with van der Waals surface area (Å²) in [5.41, 5.74) is 2.01. The van der Waals surface area contributed by atoms with Crippen LogP contribution in [-0.4, -0.2) is 64.3 Å². The van der Waals surface area contributed by atoms with Crippen molar-refractivity contribution in [3.63, 3.8) is 0 Å².